The van der Waals surface area contributed by atoms with Crippen LogP contribution in [-0.4, -0.2) is 30.2 Å². The van der Waals surface area contributed by atoms with Crippen LogP contribution in [0.5, 0.6) is 0 Å². The second kappa shape index (κ2) is 6.20. The van der Waals surface area contributed by atoms with Gasteiger partial charge in [0.2, 0.25) is 0 Å². The quantitative estimate of drug-likeness (QED) is 0.601. The lowest BCUT2D eigenvalue weighted by Gasteiger charge is -2.63. The molecule has 3 nitrogen and oxygen atoms in total. The molecule has 1 heterocycles. The van der Waals surface area contributed by atoms with E-state index in [0.717, 1.165) is 49.7 Å². The maximum atomic E-state index is 10.5. The lowest BCUT2D eigenvalue weighted by molar-refractivity contribution is -0.348. The predicted octanol–water partition coefficient (Wildman–Crippen LogP) is 5.41. The highest BCUT2D eigenvalue weighted by atomic mass is 16.7. The van der Waals surface area contributed by atoms with E-state index < -0.39 is 0 Å². The van der Waals surface area contributed by atoms with E-state index in [0.29, 0.717) is 11.3 Å². The van der Waals surface area contributed by atoms with E-state index in [9.17, 15) is 5.11 Å². The molecule has 4 aliphatic carbocycles. The highest BCUT2D eigenvalue weighted by molar-refractivity contribution is 5.13. The third-order valence-electron chi connectivity index (χ3n) is 10.4. The molecule has 3 heteroatoms. The molecule has 1 spiro atoms. The molecule has 1 N–H and O–H groups in total. The minimum atomic E-state index is -0.327. The minimum absolute atomic E-state index is 0.0781. The van der Waals surface area contributed by atoms with Crippen LogP contribution in [0.4, 0.5) is 0 Å². The summed E-state index contributed by atoms with van der Waals surface area (Å²) in [4.78, 5) is 0. The van der Waals surface area contributed by atoms with Crippen molar-refractivity contribution in [2.45, 2.75) is 97.9 Å². The fraction of sp³-hybridized carbons (Fsp3) is 1.00. The first kappa shape index (κ1) is 19.8. The number of aliphatic hydroxyl groups excluding tert-OH is 1. The second-order valence-corrected chi connectivity index (χ2v) is 12.6. The third-order valence-corrected chi connectivity index (χ3v) is 10.4. The average Bonchev–Trinajstić information content (AvgIpc) is 2.92. The van der Waals surface area contributed by atoms with E-state index in [1.165, 1.54) is 38.5 Å². The predicted molar refractivity (Wildman–Crippen MR) is 111 cm³/mol. The standard InChI is InChI=1S/C25H42O3/c1-16-13-23(4)17(12-21(16)26)6-7-18-19(23)8-10-24(5)20(18)9-11-25(24)27-14-22(2,3)15-28-25/h16-21,26H,6-15H2,1-5H3/t16-,17-,18+,19-,20-,21-,23-,24-/m0/s1. The van der Waals surface area contributed by atoms with Crippen molar-refractivity contribution in [3.63, 3.8) is 0 Å². The zero-order valence-electron chi connectivity index (χ0n) is 18.8. The molecule has 0 aromatic carbocycles. The summed E-state index contributed by atoms with van der Waals surface area (Å²) in [6.45, 7) is 13.5. The molecule has 0 aromatic heterocycles. The van der Waals surface area contributed by atoms with Crippen LogP contribution in [0.15, 0.2) is 0 Å². The molecule has 8 atom stereocenters. The molecule has 1 saturated heterocycles. The Bertz CT molecular complexity index is 619. The molecule has 0 bridgehead atoms. The van der Waals surface area contributed by atoms with Crippen molar-refractivity contribution in [3.05, 3.63) is 0 Å². The summed E-state index contributed by atoms with van der Waals surface area (Å²) in [6.07, 6.45) is 9.78. The molecule has 0 aromatic rings. The molecule has 5 aliphatic rings. The van der Waals surface area contributed by atoms with Crippen LogP contribution in [0, 0.1) is 45.8 Å². The van der Waals surface area contributed by atoms with Gasteiger partial charge in [-0.3, -0.25) is 0 Å². The molecule has 160 valence electrons. The van der Waals surface area contributed by atoms with Crippen LogP contribution in [0.2, 0.25) is 0 Å². The Balaban J connectivity index is 1.41. The summed E-state index contributed by atoms with van der Waals surface area (Å²) in [7, 11) is 0. The van der Waals surface area contributed by atoms with Crippen LogP contribution < -0.4 is 0 Å². The summed E-state index contributed by atoms with van der Waals surface area (Å²) in [5.41, 5.74) is 0.740. The minimum Gasteiger partial charge on any atom is -0.393 e. The Morgan fingerprint density at radius 2 is 1.54 bits per heavy atom. The van der Waals surface area contributed by atoms with Crippen LogP contribution in [0.25, 0.3) is 0 Å². The summed E-state index contributed by atoms with van der Waals surface area (Å²) in [6, 6.07) is 0. The Labute approximate surface area is 171 Å². The third kappa shape index (κ3) is 2.57. The normalized spacial score (nSPS) is 54.6. The number of aliphatic hydroxyl groups is 1. The summed E-state index contributed by atoms with van der Waals surface area (Å²) in [5, 5.41) is 10.5. The first-order valence-corrected chi connectivity index (χ1v) is 12.1. The lowest BCUT2D eigenvalue weighted by Crippen LogP contribution is -2.60. The van der Waals surface area contributed by atoms with Gasteiger partial charge in [0.25, 0.3) is 0 Å². The van der Waals surface area contributed by atoms with Gasteiger partial charge in [-0.25, -0.2) is 0 Å². The summed E-state index contributed by atoms with van der Waals surface area (Å²) >= 11 is 0. The summed E-state index contributed by atoms with van der Waals surface area (Å²) < 4.78 is 13.2. The van der Waals surface area contributed by atoms with E-state index >= 15 is 0 Å². The van der Waals surface area contributed by atoms with Crippen molar-refractivity contribution >= 4 is 0 Å². The van der Waals surface area contributed by atoms with Crippen LogP contribution in [0.3, 0.4) is 0 Å². The fourth-order valence-corrected chi connectivity index (χ4v) is 8.73. The van der Waals surface area contributed by atoms with Crippen molar-refractivity contribution in [3.8, 4) is 0 Å². The highest BCUT2D eigenvalue weighted by Gasteiger charge is 2.67. The maximum absolute atomic E-state index is 10.5. The van der Waals surface area contributed by atoms with Crippen LogP contribution in [0.1, 0.15) is 86.0 Å². The molecule has 0 amide bonds. The van der Waals surface area contributed by atoms with Gasteiger partial charge in [0, 0.05) is 17.3 Å². The van der Waals surface area contributed by atoms with Crippen molar-refractivity contribution in [2.75, 3.05) is 13.2 Å². The maximum Gasteiger partial charge on any atom is 0.173 e. The molecular weight excluding hydrogens is 348 g/mol. The molecule has 1 aliphatic heterocycles. The van der Waals surface area contributed by atoms with Gasteiger partial charge in [0.05, 0.1) is 19.3 Å². The van der Waals surface area contributed by atoms with Crippen molar-refractivity contribution in [1.29, 1.82) is 0 Å². The van der Waals surface area contributed by atoms with Gasteiger partial charge in [0.1, 0.15) is 0 Å². The zero-order chi connectivity index (χ0) is 19.9. The van der Waals surface area contributed by atoms with Crippen molar-refractivity contribution < 1.29 is 14.6 Å². The zero-order valence-corrected chi connectivity index (χ0v) is 18.8. The lowest BCUT2D eigenvalue weighted by atomic mass is 9.44. The molecule has 5 fully saturated rings. The van der Waals surface area contributed by atoms with Crippen molar-refractivity contribution in [1.82, 2.24) is 0 Å². The van der Waals surface area contributed by atoms with E-state index in [1.54, 1.807) is 0 Å². The molecule has 0 radical (unpaired) electrons. The monoisotopic (exact) mass is 390 g/mol. The van der Waals surface area contributed by atoms with Gasteiger partial charge in [-0.15, -0.1) is 0 Å². The Morgan fingerprint density at radius 1 is 0.857 bits per heavy atom. The Kier molecular flexibility index (Phi) is 4.39. The SMILES string of the molecule is C[C@H]1C[C@@]2(C)[C@@H](CC[C@@H]3[C@@H]2CC[C@@]2(C)[C@H]3CCC23OCC(C)(C)CO3)C[C@@H]1O. The number of hydrogen-bond acceptors (Lipinski definition) is 3. The first-order valence-electron chi connectivity index (χ1n) is 12.1. The van der Waals surface area contributed by atoms with E-state index in [1.807, 2.05) is 0 Å². The smallest absolute Gasteiger partial charge is 0.173 e. The number of rotatable bonds is 0. The van der Waals surface area contributed by atoms with Crippen LogP contribution in [-0.2, 0) is 9.47 Å². The van der Waals surface area contributed by atoms with Crippen molar-refractivity contribution in [2.24, 2.45) is 45.8 Å². The average molecular weight is 391 g/mol. The number of fused-ring (bicyclic) bond motifs is 6. The van der Waals surface area contributed by atoms with Gasteiger partial charge in [-0.05, 0) is 80.0 Å². The molecule has 4 saturated carbocycles. The second-order valence-electron chi connectivity index (χ2n) is 12.6. The molecule has 28 heavy (non-hydrogen) atoms. The van der Waals surface area contributed by atoms with Gasteiger partial charge in [0.15, 0.2) is 5.79 Å². The van der Waals surface area contributed by atoms with Crippen LogP contribution >= 0.6 is 0 Å². The first-order chi connectivity index (χ1) is 13.1. The summed E-state index contributed by atoms with van der Waals surface area (Å²) in [5.74, 6) is 3.25. The highest BCUT2D eigenvalue weighted by Crippen LogP contribution is 2.69. The van der Waals surface area contributed by atoms with Gasteiger partial charge in [-0.2, -0.15) is 0 Å². The fourth-order valence-electron chi connectivity index (χ4n) is 8.73. The number of hydrogen-bond donors (Lipinski definition) is 1. The van der Waals surface area contributed by atoms with Gasteiger partial charge < -0.3 is 14.6 Å². The Hall–Kier alpha value is -0.120. The molecule has 5 rings (SSSR count). The van der Waals surface area contributed by atoms with Gasteiger partial charge in [-0.1, -0.05) is 34.6 Å². The number of ether oxygens (including phenoxy) is 2. The molecular formula is C25H42O3. The Morgan fingerprint density at radius 3 is 2.25 bits per heavy atom. The largest absolute Gasteiger partial charge is 0.393 e. The van der Waals surface area contributed by atoms with E-state index in [4.69, 9.17) is 9.47 Å². The van der Waals surface area contributed by atoms with Gasteiger partial charge >= 0.3 is 0 Å². The topological polar surface area (TPSA) is 38.7 Å². The molecule has 0 unspecified atom stereocenters. The van der Waals surface area contributed by atoms with E-state index in [2.05, 4.69) is 34.6 Å². The van der Waals surface area contributed by atoms with E-state index in [-0.39, 0.29) is 22.7 Å².